The Bertz CT molecular complexity index is 448. The Hall–Kier alpha value is -0.500. The molecular weight excluding hydrogens is 341 g/mol. The van der Waals surface area contributed by atoms with Crippen LogP contribution in [0.3, 0.4) is 0 Å². The van der Waals surface area contributed by atoms with Crippen molar-refractivity contribution in [2.24, 2.45) is 5.73 Å². The summed E-state index contributed by atoms with van der Waals surface area (Å²) in [6.07, 6.45) is 5.15. The van der Waals surface area contributed by atoms with Crippen LogP contribution in [0.2, 0.25) is 0 Å². The summed E-state index contributed by atoms with van der Waals surface area (Å²) in [6, 6.07) is 2.09. The maximum atomic E-state index is 9.55. The second-order valence-electron chi connectivity index (χ2n) is 4.45. The van der Waals surface area contributed by atoms with E-state index in [4.69, 9.17) is 5.73 Å². The van der Waals surface area contributed by atoms with Crippen molar-refractivity contribution < 1.29 is 5.11 Å². The van der Waals surface area contributed by atoms with Crippen LogP contribution in [-0.2, 0) is 6.42 Å². The number of nitrogens with zero attached hydrogens (tertiary/aromatic N) is 1. The minimum absolute atomic E-state index is 0.287. The molecule has 0 saturated heterocycles. The van der Waals surface area contributed by atoms with Crippen LogP contribution < -0.4 is 11.1 Å². The van der Waals surface area contributed by atoms with Crippen molar-refractivity contribution in [1.29, 1.82) is 0 Å². The van der Waals surface area contributed by atoms with E-state index in [2.05, 4.69) is 45.0 Å². The van der Waals surface area contributed by atoms with Gasteiger partial charge in [0.1, 0.15) is 0 Å². The van der Waals surface area contributed by atoms with E-state index < -0.39 is 6.10 Å². The van der Waals surface area contributed by atoms with E-state index in [0.29, 0.717) is 6.42 Å². The number of aliphatic hydroxyl groups excluding tert-OH is 1. The molecule has 0 bridgehead atoms. The topological polar surface area (TPSA) is 71.2 Å². The highest BCUT2D eigenvalue weighted by atomic mass is 127. The van der Waals surface area contributed by atoms with E-state index in [9.17, 15) is 5.11 Å². The molecule has 18 heavy (non-hydrogen) atoms. The maximum Gasteiger partial charge on any atom is 0.0792 e. The number of hydrogen-bond acceptors (Lipinski definition) is 4. The van der Waals surface area contributed by atoms with Crippen LogP contribution in [0.25, 0.3) is 5.57 Å². The number of halogens is 1. The Labute approximate surface area is 121 Å². The lowest BCUT2D eigenvalue weighted by molar-refractivity contribution is 0.183. The van der Waals surface area contributed by atoms with Gasteiger partial charge in [-0.05, 0) is 52.8 Å². The summed E-state index contributed by atoms with van der Waals surface area (Å²) in [6.45, 7) is 2.22. The van der Waals surface area contributed by atoms with E-state index in [1.807, 2.05) is 6.20 Å². The van der Waals surface area contributed by atoms with Gasteiger partial charge in [-0.3, -0.25) is 4.98 Å². The number of aromatic nitrogens is 1. The minimum Gasteiger partial charge on any atom is -0.391 e. The van der Waals surface area contributed by atoms with Crippen molar-refractivity contribution in [2.45, 2.75) is 18.9 Å². The number of pyridine rings is 1. The molecule has 0 saturated carbocycles. The SMILES string of the molecule is NC[C@@H](O)Cc1cnc(C2=CCNCC2)c(I)c1. The van der Waals surface area contributed by atoms with E-state index >= 15 is 0 Å². The van der Waals surface area contributed by atoms with E-state index in [0.717, 1.165) is 34.3 Å². The highest BCUT2D eigenvalue weighted by Crippen LogP contribution is 2.23. The Balaban J connectivity index is 2.17. The summed E-state index contributed by atoms with van der Waals surface area (Å²) >= 11 is 2.31. The smallest absolute Gasteiger partial charge is 0.0792 e. The molecule has 4 N–H and O–H groups in total. The van der Waals surface area contributed by atoms with Crippen molar-refractivity contribution in [2.75, 3.05) is 19.6 Å². The molecule has 0 aliphatic carbocycles. The normalized spacial score (nSPS) is 17.4. The van der Waals surface area contributed by atoms with Gasteiger partial charge in [0.05, 0.1) is 11.8 Å². The van der Waals surface area contributed by atoms with Crippen LogP contribution in [0.15, 0.2) is 18.3 Å². The largest absolute Gasteiger partial charge is 0.391 e. The number of rotatable bonds is 4. The summed E-state index contributed by atoms with van der Waals surface area (Å²) in [4.78, 5) is 4.53. The molecule has 98 valence electrons. The van der Waals surface area contributed by atoms with Crippen molar-refractivity contribution in [3.05, 3.63) is 33.2 Å². The van der Waals surface area contributed by atoms with E-state index in [1.54, 1.807) is 0 Å². The Kier molecular flexibility index (Phi) is 5.11. The second-order valence-corrected chi connectivity index (χ2v) is 5.61. The first-order valence-electron chi connectivity index (χ1n) is 6.13. The van der Waals surface area contributed by atoms with Crippen LogP contribution in [-0.4, -0.2) is 35.8 Å². The Morgan fingerprint density at radius 1 is 1.56 bits per heavy atom. The molecule has 5 heteroatoms. The molecular formula is C13H18IN3O. The highest BCUT2D eigenvalue weighted by molar-refractivity contribution is 14.1. The van der Waals surface area contributed by atoms with Gasteiger partial charge in [0.25, 0.3) is 0 Å². The molecule has 2 heterocycles. The number of nitrogens with two attached hydrogens (primary N) is 1. The molecule has 0 radical (unpaired) electrons. The quantitative estimate of drug-likeness (QED) is 0.700. The highest BCUT2D eigenvalue weighted by Gasteiger charge is 2.12. The maximum absolute atomic E-state index is 9.55. The number of hydrogen-bond donors (Lipinski definition) is 3. The molecule has 1 aliphatic rings. The van der Waals surface area contributed by atoms with Crippen molar-refractivity contribution >= 4 is 28.2 Å². The fourth-order valence-corrected chi connectivity index (χ4v) is 2.90. The fraction of sp³-hybridized carbons (Fsp3) is 0.462. The van der Waals surface area contributed by atoms with Gasteiger partial charge < -0.3 is 16.2 Å². The predicted molar refractivity (Wildman–Crippen MR) is 81.2 cm³/mol. The molecule has 1 atom stereocenters. The van der Waals surface area contributed by atoms with Crippen molar-refractivity contribution in [1.82, 2.24) is 10.3 Å². The predicted octanol–water partition coefficient (Wildman–Crippen LogP) is 0.925. The summed E-state index contributed by atoms with van der Waals surface area (Å²) in [5.41, 5.74) is 8.84. The minimum atomic E-state index is -0.480. The van der Waals surface area contributed by atoms with E-state index in [1.165, 1.54) is 5.57 Å². The van der Waals surface area contributed by atoms with Crippen LogP contribution >= 0.6 is 22.6 Å². The molecule has 1 aliphatic heterocycles. The summed E-state index contributed by atoms with van der Waals surface area (Å²) in [5.74, 6) is 0. The standard InChI is InChI=1S/C13H18IN3O/c14-12-6-9(5-11(18)7-15)8-17-13(12)10-1-3-16-4-2-10/h1,6,8,11,16,18H,2-5,7,15H2/t11-/m0/s1. The molecule has 0 spiro atoms. The monoisotopic (exact) mass is 359 g/mol. The van der Waals surface area contributed by atoms with Crippen LogP contribution in [0.1, 0.15) is 17.7 Å². The van der Waals surface area contributed by atoms with Gasteiger partial charge in [-0.2, -0.15) is 0 Å². The van der Waals surface area contributed by atoms with Gasteiger partial charge in [-0.1, -0.05) is 6.08 Å². The molecule has 0 unspecified atom stereocenters. The summed E-state index contributed by atoms with van der Waals surface area (Å²) in [7, 11) is 0. The van der Waals surface area contributed by atoms with Crippen molar-refractivity contribution in [3.63, 3.8) is 0 Å². The van der Waals surface area contributed by atoms with E-state index in [-0.39, 0.29) is 6.54 Å². The zero-order valence-electron chi connectivity index (χ0n) is 10.2. The number of nitrogens with one attached hydrogen (secondary N) is 1. The third kappa shape index (κ3) is 3.50. The Morgan fingerprint density at radius 3 is 3.00 bits per heavy atom. The fourth-order valence-electron chi connectivity index (χ4n) is 2.02. The molecule has 1 aromatic rings. The molecule has 0 amide bonds. The summed E-state index contributed by atoms with van der Waals surface area (Å²) in [5, 5.41) is 12.8. The lowest BCUT2D eigenvalue weighted by Crippen LogP contribution is -2.22. The lowest BCUT2D eigenvalue weighted by atomic mass is 10.0. The first-order valence-corrected chi connectivity index (χ1v) is 7.21. The molecule has 0 aromatic carbocycles. The average Bonchev–Trinajstić information content (AvgIpc) is 2.40. The first-order chi connectivity index (χ1) is 8.70. The first kappa shape index (κ1) is 13.9. The Morgan fingerprint density at radius 2 is 2.39 bits per heavy atom. The van der Waals surface area contributed by atoms with Crippen LogP contribution in [0.4, 0.5) is 0 Å². The van der Waals surface area contributed by atoms with Gasteiger partial charge >= 0.3 is 0 Å². The molecule has 2 rings (SSSR count). The molecule has 0 fully saturated rings. The second kappa shape index (κ2) is 6.60. The zero-order chi connectivity index (χ0) is 13.0. The third-order valence-corrected chi connectivity index (χ3v) is 3.83. The van der Waals surface area contributed by atoms with Gasteiger partial charge in [0.15, 0.2) is 0 Å². The van der Waals surface area contributed by atoms with Gasteiger partial charge in [-0.15, -0.1) is 0 Å². The zero-order valence-corrected chi connectivity index (χ0v) is 12.4. The summed E-state index contributed by atoms with van der Waals surface area (Å²) < 4.78 is 1.14. The number of aliphatic hydroxyl groups is 1. The average molecular weight is 359 g/mol. The van der Waals surface area contributed by atoms with Gasteiger partial charge in [0.2, 0.25) is 0 Å². The molecule has 4 nitrogen and oxygen atoms in total. The molecule has 1 aromatic heterocycles. The van der Waals surface area contributed by atoms with Crippen LogP contribution in [0.5, 0.6) is 0 Å². The van der Waals surface area contributed by atoms with Crippen molar-refractivity contribution in [3.8, 4) is 0 Å². The van der Waals surface area contributed by atoms with Gasteiger partial charge in [0, 0.05) is 29.3 Å². The van der Waals surface area contributed by atoms with Gasteiger partial charge in [-0.25, -0.2) is 0 Å². The van der Waals surface area contributed by atoms with Crippen LogP contribution in [0, 0.1) is 3.57 Å². The lowest BCUT2D eigenvalue weighted by Gasteiger charge is -2.15. The third-order valence-electron chi connectivity index (χ3n) is 3.01.